The van der Waals surface area contributed by atoms with Gasteiger partial charge in [-0.1, -0.05) is 12.8 Å². The fourth-order valence-electron chi connectivity index (χ4n) is 2.42. The highest BCUT2D eigenvalue weighted by atomic mass is 32.2. The van der Waals surface area contributed by atoms with Gasteiger partial charge in [-0.3, -0.25) is 0 Å². The lowest BCUT2D eigenvalue weighted by Gasteiger charge is -2.33. The van der Waals surface area contributed by atoms with Crippen LogP contribution in [0.25, 0.3) is 0 Å². The van der Waals surface area contributed by atoms with Crippen LogP contribution in [0.3, 0.4) is 0 Å². The molecule has 0 amide bonds. The Bertz CT molecular complexity index is 417. The smallest absolute Gasteiger partial charge is 0.334 e. The molecule has 2 fully saturated rings. The minimum absolute atomic E-state index is 0.103. The maximum atomic E-state index is 12.5. The third kappa shape index (κ3) is 3.44. The number of hydrogen-bond donors (Lipinski definition) is 1. The number of hydrogen-bond acceptors (Lipinski definition) is 4. The lowest BCUT2D eigenvalue weighted by atomic mass is 10.2. The monoisotopic (exact) mass is 292 g/mol. The van der Waals surface area contributed by atoms with Crippen molar-refractivity contribution in [2.75, 3.05) is 32.8 Å². The van der Waals surface area contributed by atoms with Gasteiger partial charge in [0.2, 0.25) is 0 Å². The van der Waals surface area contributed by atoms with Crippen LogP contribution in [0.1, 0.15) is 25.7 Å². The van der Waals surface area contributed by atoms with E-state index in [2.05, 4.69) is 0 Å². The minimum Gasteiger partial charge on any atom is -0.479 e. The van der Waals surface area contributed by atoms with Gasteiger partial charge in [0.1, 0.15) is 0 Å². The summed E-state index contributed by atoms with van der Waals surface area (Å²) in [6.07, 6.45) is 2.77. The van der Waals surface area contributed by atoms with Crippen LogP contribution in [-0.2, 0) is 19.7 Å². The van der Waals surface area contributed by atoms with Gasteiger partial charge in [-0.2, -0.15) is 17.0 Å². The standard InChI is InChI=1S/C11H20N2O5S/c14-11(15)10-9-13(7-8-18-10)19(16,17)12-5-3-1-2-4-6-12/h10H,1-9H2,(H,14,15). The van der Waals surface area contributed by atoms with E-state index in [9.17, 15) is 13.2 Å². The van der Waals surface area contributed by atoms with Crippen molar-refractivity contribution in [3.05, 3.63) is 0 Å². The second-order valence-corrected chi connectivity index (χ2v) is 6.81. The number of ether oxygens (including phenoxy) is 1. The van der Waals surface area contributed by atoms with Crippen molar-refractivity contribution in [2.24, 2.45) is 0 Å². The van der Waals surface area contributed by atoms with Crippen LogP contribution < -0.4 is 0 Å². The Morgan fingerprint density at radius 1 is 1.05 bits per heavy atom. The molecule has 8 heteroatoms. The third-order valence-corrected chi connectivity index (χ3v) is 5.52. The van der Waals surface area contributed by atoms with E-state index in [1.54, 1.807) is 0 Å². The van der Waals surface area contributed by atoms with E-state index in [-0.39, 0.29) is 19.7 Å². The number of rotatable bonds is 3. The van der Waals surface area contributed by atoms with E-state index in [1.807, 2.05) is 0 Å². The summed E-state index contributed by atoms with van der Waals surface area (Å²) in [5, 5.41) is 8.92. The number of aliphatic carboxylic acids is 1. The number of morpholine rings is 1. The molecule has 7 nitrogen and oxygen atoms in total. The first-order valence-corrected chi connectivity index (χ1v) is 8.01. The molecule has 1 N–H and O–H groups in total. The Morgan fingerprint density at radius 3 is 2.26 bits per heavy atom. The van der Waals surface area contributed by atoms with Crippen molar-refractivity contribution in [1.82, 2.24) is 8.61 Å². The Labute approximate surface area is 113 Å². The molecule has 0 aromatic rings. The van der Waals surface area contributed by atoms with Crippen LogP contribution in [0.15, 0.2) is 0 Å². The van der Waals surface area contributed by atoms with Crippen LogP contribution in [0.4, 0.5) is 0 Å². The molecule has 1 unspecified atom stereocenters. The van der Waals surface area contributed by atoms with Crippen LogP contribution in [0.5, 0.6) is 0 Å². The van der Waals surface area contributed by atoms with Crippen molar-refractivity contribution in [2.45, 2.75) is 31.8 Å². The largest absolute Gasteiger partial charge is 0.479 e. The second kappa shape index (κ2) is 6.17. The summed E-state index contributed by atoms with van der Waals surface area (Å²) in [4.78, 5) is 10.9. The Hall–Kier alpha value is -0.700. The third-order valence-electron chi connectivity index (χ3n) is 3.52. The second-order valence-electron chi connectivity index (χ2n) is 4.88. The lowest BCUT2D eigenvalue weighted by molar-refractivity contribution is -0.153. The lowest BCUT2D eigenvalue weighted by Crippen LogP contribution is -2.53. The number of nitrogens with zero attached hydrogens (tertiary/aromatic N) is 2. The Kier molecular flexibility index (Phi) is 4.77. The summed E-state index contributed by atoms with van der Waals surface area (Å²) in [5.74, 6) is -1.12. The molecule has 0 radical (unpaired) electrons. The van der Waals surface area contributed by atoms with E-state index in [0.29, 0.717) is 13.1 Å². The first-order valence-electron chi connectivity index (χ1n) is 6.61. The van der Waals surface area contributed by atoms with Gasteiger partial charge in [0.25, 0.3) is 10.2 Å². The zero-order chi connectivity index (χ0) is 13.9. The molecule has 2 rings (SSSR count). The quantitative estimate of drug-likeness (QED) is 0.784. The summed E-state index contributed by atoms with van der Waals surface area (Å²) < 4.78 is 32.7. The average Bonchev–Trinajstić information content (AvgIpc) is 2.68. The fourth-order valence-corrected chi connectivity index (χ4v) is 4.10. The molecule has 2 heterocycles. The van der Waals surface area contributed by atoms with E-state index in [1.165, 1.54) is 8.61 Å². The predicted octanol–water partition coefficient (Wildman–Crippen LogP) is -0.107. The van der Waals surface area contributed by atoms with Gasteiger partial charge in [-0.25, -0.2) is 4.79 Å². The Morgan fingerprint density at radius 2 is 1.68 bits per heavy atom. The zero-order valence-electron chi connectivity index (χ0n) is 10.8. The van der Waals surface area contributed by atoms with Gasteiger partial charge in [-0.05, 0) is 12.8 Å². The van der Waals surface area contributed by atoms with Gasteiger partial charge in [0, 0.05) is 19.6 Å². The van der Waals surface area contributed by atoms with Crippen LogP contribution >= 0.6 is 0 Å². The van der Waals surface area contributed by atoms with Crippen LogP contribution in [0.2, 0.25) is 0 Å². The summed E-state index contributed by atoms with van der Waals surface area (Å²) in [6, 6.07) is 0. The molecule has 0 aromatic carbocycles. The molecule has 0 saturated carbocycles. The summed E-state index contributed by atoms with van der Waals surface area (Å²) >= 11 is 0. The molecule has 0 aromatic heterocycles. The first kappa shape index (κ1) is 14.7. The zero-order valence-corrected chi connectivity index (χ0v) is 11.6. The van der Waals surface area contributed by atoms with Crippen molar-refractivity contribution < 1.29 is 23.1 Å². The molecule has 0 spiro atoms. The van der Waals surface area contributed by atoms with Gasteiger partial charge in [0.15, 0.2) is 6.10 Å². The highest BCUT2D eigenvalue weighted by Crippen LogP contribution is 2.18. The van der Waals surface area contributed by atoms with E-state index < -0.39 is 22.3 Å². The Balaban J connectivity index is 2.07. The SMILES string of the molecule is O=C(O)C1CN(S(=O)(=O)N2CCCCCC2)CCO1. The highest BCUT2D eigenvalue weighted by molar-refractivity contribution is 7.86. The van der Waals surface area contributed by atoms with Crippen molar-refractivity contribution in [3.63, 3.8) is 0 Å². The van der Waals surface area contributed by atoms with E-state index >= 15 is 0 Å². The van der Waals surface area contributed by atoms with E-state index in [0.717, 1.165) is 25.7 Å². The number of carboxylic acids is 1. The predicted molar refractivity (Wildman–Crippen MR) is 67.9 cm³/mol. The van der Waals surface area contributed by atoms with Gasteiger partial charge >= 0.3 is 5.97 Å². The topological polar surface area (TPSA) is 87.2 Å². The number of carboxylic acid groups (broad SMARTS) is 1. The fraction of sp³-hybridized carbons (Fsp3) is 0.909. The molecule has 0 bridgehead atoms. The molecule has 2 saturated heterocycles. The molecule has 19 heavy (non-hydrogen) atoms. The van der Waals surface area contributed by atoms with Crippen molar-refractivity contribution in [1.29, 1.82) is 0 Å². The summed E-state index contributed by atoms with van der Waals surface area (Å²) in [5.41, 5.74) is 0. The molecule has 0 aliphatic carbocycles. The van der Waals surface area contributed by atoms with Crippen molar-refractivity contribution >= 4 is 16.2 Å². The minimum atomic E-state index is -3.55. The summed E-state index contributed by atoms with van der Waals surface area (Å²) in [6.45, 7) is 1.30. The maximum absolute atomic E-state index is 12.5. The number of carbonyl (C=O) groups is 1. The van der Waals surface area contributed by atoms with Gasteiger partial charge in [-0.15, -0.1) is 0 Å². The van der Waals surface area contributed by atoms with Crippen LogP contribution in [-0.4, -0.2) is 67.0 Å². The maximum Gasteiger partial charge on any atom is 0.334 e. The molecular formula is C11H20N2O5S. The van der Waals surface area contributed by atoms with Crippen LogP contribution in [0, 0.1) is 0 Å². The molecule has 1 atom stereocenters. The normalized spacial score (nSPS) is 27.9. The summed E-state index contributed by atoms with van der Waals surface area (Å²) in [7, 11) is -3.55. The van der Waals surface area contributed by atoms with E-state index in [4.69, 9.17) is 9.84 Å². The van der Waals surface area contributed by atoms with Gasteiger partial charge in [0.05, 0.1) is 13.2 Å². The molecular weight excluding hydrogens is 272 g/mol. The molecule has 2 aliphatic rings. The van der Waals surface area contributed by atoms with Crippen molar-refractivity contribution in [3.8, 4) is 0 Å². The molecule has 2 aliphatic heterocycles. The highest BCUT2D eigenvalue weighted by Gasteiger charge is 2.36. The molecule has 110 valence electrons. The average molecular weight is 292 g/mol. The van der Waals surface area contributed by atoms with Gasteiger partial charge < -0.3 is 9.84 Å². The first-order chi connectivity index (χ1) is 9.01.